The molecule has 0 radical (unpaired) electrons. The first kappa shape index (κ1) is 12.8. The molecule has 3 aromatic rings. The van der Waals surface area contributed by atoms with Crippen molar-refractivity contribution >= 4 is 11.6 Å². The number of hydrogen-bond acceptors (Lipinski definition) is 7. The molecule has 0 aliphatic carbocycles. The number of carboxylic acids is 1. The van der Waals surface area contributed by atoms with Gasteiger partial charge in [-0.2, -0.15) is 0 Å². The van der Waals surface area contributed by atoms with E-state index >= 15 is 0 Å². The average Bonchev–Trinajstić information content (AvgIpc) is 2.94. The lowest BCUT2D eigenvalue weighted by Gasteiger charge is -2.11. The summed E-state index contributed by atoms with van der Waals surface area (Å²) in [5.41, 5.74) is 0.411. The molecule has 9 heteroatoms. The highest BCUT2D eigenvalue weighted by Crippen LogP contribution is 2.34. The SMILES string of the molecule is COc1cccc(C(=O)O)c1Oc1ccc2nnnn2n1. The van der Waals surface area contributed by atoms with Crippen LogP contribution in [0.15, 0.2) is 30.3 Å². The van der Waals surface area contributed by atoms with Gasteiger partial charge in [-0.15, -0.1) is 14.8 Å². The Morgan fingerprint density at radius 2 is 2.14 bits per heavy atom. The molecule has 0 bridgehead atoms. The first-order valence-corrected chi connectivity index (χ1v) is 5.82. The fourth-order valence-electron chi connectivity index (χ4n) is 1.74. The standard InChI is InChI=1S/C12H9N5O4/c1-20-8-4-2-3-7(12(18)19)11(8)21-10-6-5-9-13-15-16-17(9)14-10/h2-6H,1H3,(H,18,19). The molecule has 0 spiro atoms. The molecule has 0 fully saturated rings. The molecule has 3 rings (SSSR count). The number of carboxylic acid groups (broad SMARTS) is 1. The summed E-state index contributed by atoms with van der Waals surface area (Å²) in [4.78, 5) is 11.3. The Hall–Kier alpha value is -3.23. The predicted octanol–water partition coefficient (Wildman–Crippen LogP) is 1.02. The van der Waals surface area contributed by atoms with Crippen molar-refractivity contribution in [3.63, 3.8) is 0 Å². The lowest BCUT2D eigenvalue weighted by molar-refractivity contribution is 0.0693. The van der Waals surface area contributed by atoms with E-state index in [4.69, 9.17) is 9.47 Å². The van der Waals surface area contributed by atoms with Gasteiger partial charge in [-0.25, -0.2) is 4.79 Å². The first-order valence-electron chi connectivity index (χ1n) is 5.82. The molecule has 9 nitrogen and oxygen atoms in total. The molecule has 0 unspecified atom stereocenters. The Morgan fingerprint density at radius 3 is 2.90 bits per heavy atom. The number of hydrogen-bond donors (Lipinski definition) is 1. The number of fused-ring (bicyclic) bond motifs is 1. The van der Waals surface area contributed by atoms with Gasteiger partial charge in [0.05, 0.1) is 7.11 Å². The second-order valence-corrected chi connectivity index (χ2v) is 3.94. The molecule has 0 saturated heterocycles. The molecular formula is C12H9N5O4. The van der Waals surface area contributed by atoms with Crippen molar-refractivity contribution in [1.82, 2.24) is 25.3 Å². The normalized spacial score (nSPS) is 10.5. The molecule has 0 saturated carbocycles. The molecule has 0 aliphatic rings. The molecule has 0 atom stereocenters. The summed E-state index contributed by atoms with van der Waals surface area (Å²) in [5.74, 6) is -0.643. The number of para-hydroxylation sites is 1. The summed E-state index contributed by atoms with van der Waals surface area (Å²) in [5, 5.41) is 24.0. The smallest absolute Gasteiger partial charge is 0.339 e. The van der Waals surface area contributed by atoms with E-state index in [9.17, 15) is 9.90 Å². The van der Waals surface area contributed by atoms with Crippen LogP contribution < -0.4 is 9.47 Å². The van der Waals surface area contributed by atoms with Crippen LogP contribution in [0.4, 0.5) is 0 Å². The predicted molar refractivity (Wildman–Crippen MR) is 68.6 cm³/mol. The van der Waals surface area contributed by atoms with Gasteiger partial charge in [-0.1, -0.05) is 6.07 Å². The molecule has 21 heavy (non-hydrogen) atoms. The number of carbonyl (C=O) groups is 1. The summed E-state index contributed by atoms with van der Waals surface area (Å²) in [6, 6.07) is 7.70. The molecule has 2 heterocycles. The van der Waals surface area contributed by atoms with Crippen LogP contribution in [-0.2, 0) is 0 Å². The van der Waals surface area contributed by atoms with Gasteiger partial charge in [0.1, 0.15) is 5.56 Å². The second-order valence-electron chi connectivity index (χ2n) is 3.94. The molecule has 106 valence electrons. The van der Waals surface area contributed by atoms with Crippen LogP contribution in [0, 0.1) is 0 Å². The summed E-state index contributed by atoms with van der Waals surface area (Å²) in [7, 11) is 1.42. The molecule has 0 aliphatic heterocycles. The third-order valence-corrected chi connectivity index (χ3v) is 2.68. The van der Waals surface area contributed by atoms with Crippen molar-refractivity contribution in [2.45, 2.75) is 0 Å². The highest BCUT2D eigenvalue weighted by atomic mass is 16.5. The third kappa shape index (κ3) is 2.31. The van der Waals surface area contributed by atoms with E-state index in [0.29, 0.717) is 5.65 Å². The van der Waals surface area contributed by atoms with Crippen LogP contribution in [0.2, 0.25) is 0 Å². The van der Waals surface area contributed by atoms with Crippen molar-refractivity contribution in [1.29, 1.82) is 0 Å². The summed E-state index contributed by atoms with van der Waals surface area (Å²) >= 11 is 0. The summed E-state index contributed by atoms with van der Waals surface area (Å²) < 4.78 is 11.8. The van der Waals surface area contributed by atoms with Crippen LogP contribution in [0.1, 0.15) is 10.4 Å². The average molecular weight is 287 g/mol. The van der Waals surface area contributed by atoms with E-state index in [0.717, 1.165) is 0 Å². The molecule has 0 amide bonds. The van der Waals surface area contributed by atoms with Crippen molar-refractivity contribution in [3.05, 3.63) is 35.9 Å². The van der Waals surface area contributed by atoms with Gasteiger partial charge in [-0.05, 0) is 28.6 Å². The monoisotopic (exact) mass is 287 g/mol. The van der Waals surface area contributed by atoms with E-state index in [-0.39, 0.29) is 22.9 Å². The van der Waals surface area contributed by atoms with Crippen molar-refractivity contribution < 1.29 is 19.4 Å². The summed E-state index contributed by atoms with van der Waals surface area (Å²) in [6.45, 7) is 0. The highest BCUT2D eigenvalue weighted by molar-refractivity contribution is 5.92. The lowest BCUT2D eigenvalue weighted by Crippen LogP contribution is -2.04. The van der Waals surface area contributed by atoms with Crippen LogP contribution in [0.5, 0.6) is 17.4 Å². The highest BCUT2D eigenvalue weighted by Gasteiger charge is 2.18. The number of benzene rings is 1. The second kappa shape index (κ2) is 5.04. The number of aromatic nitrogens is 5. The number of methoxy groups -OCH3 is 1. The van der Waals surface area contributed by atoms with Crippen molar-refractivity contribution in [3.8, 4) is 17.4 Å². The number of rotatable bonds is 4. The number of nitrogens with zero attached hydrogens (tertiary/aromatic N) is 5. The number of aromatic carboxylic acids is 1. The molecule has 2 aromatic heterocycles. The third-order valence-electron chi connectivity index (χ3n) is 2.68. The Bertz CT molecular complexity index is 816. The zero-order chi connectivity index (χ0) is 14.8. The minimum Gasteiger partial charge on any atom is -0.493 e. The number of ether oxygens (including phenoxy) is 2. The Labute approximate surface area is 117 Å². The Morgan fingerprint density at radius 1 is 1.29 bits per heavy atom. The Kier molecular flexibility index (Phi) is 3.07. The molecular weight excluding hydrogens is 278 g/mol. The van der Waals surface area contributed by atoms with E-state index in [1.807, 2.05) is 0 Å². The Balaban J connectivity index is 2.05. The van der Waals surface area contributed by atoms with E-state index in [2.05, 4.69) is 20.6 Å². The largest absolute Gasteiger partial charge is 0.493 e. The van der Waals surface area contributed by atoms with E-state index in [1.165, 1.54) is 23.9 Å². The van der Waals surface area contributed by atoms with Gasteiger partial charge in [0.2, 0.25) is 5.88 Å². The van der Waals surface area contributed by atoms with E-state index < -0.39 is 5.97 Å². The van der Waals surface area contributed by atoms with Gasteiger partial charge in [0, 0.05) is 6.07 Å². The maximum Gasteiger partial charge on any atom is 0.339 e. The first-order chi connectivity index (χ1) is 10.2. The maximum atomic E-state index is 11.3. The van der Waals surface area contributed by atoms with Gasteiger partial charge >= 0.3 is 5.97 Å². The van der Waals surface area contributed by atoms with Crippen molar-refractivity contribution in [2.75, 3.05) is 7.11 Å². The van der Waals surface area contributed by atoms with Crippen LogP contribution in [0.25, 0.3) is 5.65 Å². The lowest BCUT2D eigenvalue weighted by atomic mass is 10.2. The van der Waals surface area contributed by atoms with Crippen LogP contribution in [0.3, 0.4) is 0 Å². The molecule has 1 N–H and O–H groups in total. The van der Waals surface area contributed by atoms with Gasteiger partial charge < -0.3 is 14.6 Å². The van der Waals surface area contributed by atoms with Crippen LogP contribution >= 0.6 is 0 Å². The molecule has 1 aromatic carbocycles. The fourth-order valence-corrected chi connectivity index (χ4v) is 1.74. The van der Waals surface area contributed by atoms with Gasteiger partial charge in [0.15, 0.2) is 17.1 Å². The maximum absolute atomic E-state index is 11.3. The zero-order valence-corrected chi connectivity index (χ0v) is 10.8. The minimum atomic E-state index is -1.13. The fraction of sp³-hybridized carbons (Fsp3) is 0.0833. The summed E-state index contributed by atoms with van der Waals surface area (Å²) in [6.07, 6.45) is 0. The quantitative estimate of drug-likeness (QED) is 0.756. The van der Waals surface area contributed by atoms with Gasteiger partial charge in [0.25, 0.3) is 0 Å². The minimum absolute atomic E-state index is 0.0343. The topological polar surface area (TPSA) is 112 Å². The number of tetrazole rings is 1. The van der Waals surface area contributed by atoms with Crippen molar-refractivity contribution in [2.24, 2.45) is 0 Å². The van der Waals surface area contributed by atoms with Crippen LogP contribution in [-0.4, -0.2) is 43.4 Å². The van der Waals surface area contributed by atoms with E-state index in [1.54, 1.807) is 18.2 Å². The van der Waals surface area contributed by atoms with Gasteiger partial charge in [-0.3, -0.25) is 0 Å². The zero-order valence-electron chi connectivity index (χ0n) is 10.8.